The van der Waals surface area contributed by atoms with E-state index in [1.807, 2.05) is 78.9 Å². The van der Waals surface area contributed by atoms with E-state index in [1.54, 1.807) is 4.57 Å². The third-order valence-corrected chi connectivity index (χ3v) is 7.97. The van der Waals surface area contributed by atoms with Gasteiger partial charge in [-0.2, -0.15) is 0 Å². The first-order chi connectivity index (χ1) is 20.8. The quantitative estimate of drug-likeness (QED) is 0.195. The second-order valence-corrected chi connectivity index (χ2v) is 10.4. The summed E-state index contributed by atoms with van der Waals surface area (Å²) in [5.41, 5.74) is 6.30. The fraction of sp³-hybridized carbons (Fsp3) is 0. The number of para-hydroxylation sites is 5. The Bertz CT molecular complexity index is 2490. The molecule has 0 unspecified atom stereocenters. The zero-order valence-corrected chi connectivity index (χ0v) is 22.7. The largest absolute Gasteiger partial charge is 0.292 e. The molecule has 0 atom stereocenters. The number of fused-ring (bicyclic) bond motifs is 11. The number of nitrogens with zero attached hydrogens (tertiary/aromatic N) is 3. The van der Waals surface area contributed by atoms with Gasteiger partial charge in [0, 0.05) is 27.2 Å². The number of aromatic nitrogens is 3. The van der Waals surface area contributed by atoms with Gasteiger partial charge in [-0.15, -0.1) is 0 Å². The highest BCUT2D eigenvalue weighted by molar-refractivity contribution is 6.13. The minimum Gasteiger partial charge on any atom is -0.292 e. The number of benzene rings is 6. The molecule has 3 aromatic heterocycles. The molecule has 0 aliphatic carbocycles. The molecule has 3 heterocycles. The van der Waals surface area contributed by atoms with Gasteiger partial charge < -0.3 is 0 Å². The monoisotopic (exact) mass is 539 g/mol. The Morgan fingerprint density at radius 2 is 0.881 bits per heavy atom. The van der Waals surface area contributed by atoms with Crippen molar-refractivity contribution in [3.8, 4) is 5.69 Å². The van der Waals surface area contributed by atoms with E-state index in [-0.39, 0.29) is 5.56 Å². The first-order valence-electron chi connectivity index (χ1n) is 14.0. The molecule has 42 heavy (non-hydrogen) atoms. The Labute approximate surface area is 241 Å². The van der Waals surface area contributed by atoms with Crippen molar-refractivity contribution in [1.82, 2.24) is 14.0 Å². The molecule has 0 aliphatic rings. The average molecular weight is 540 g/mol. The first-order valence-corrected chi connectivity index (χ1v) is 14.0. The molecule has 198 valence electrons. The van der Waals surface area contributed by atoms with E-state index in [1.165, 1.54) is 21.7 Å². The number of hydrogen-bond acceptors (Lipinski definition) is 2. The van der Waals surface area contributed by atoms with Crippen LogP contribution in [0.5, 0.6) is 0 Å². The van der Waals surface area contributed by atoms with Crippen molar-refractivity contribution in [2.24, 2.45) is 0 Å². The Hall–Kier alpha value is -5.74. The lowest BCUT2D eigenvalue weighted by molar-refractivity contribution is 1.06. The van der Waals surface area contributed by atoms with Crippen LogP contribution in [-0.4, -0.2) is 14.0 Å². The molecule has 0 spiro atoms. The standard InChI is InChI=1S/C19H12N2.C19H13NO/c1-2-9-15-13(7-1)14-8-3-5-11-17(14)21-18-12-6-4-10-16(18)20-19(15)21;21-19-17-12-5-4-10-15(17)16-11-6-7-13-18(16)20(19)14-8-2-1-3-9-14/h1-12H;1-13H. The normalized spacial score (nSPS) is 11.4. The lowest BCUT2D eigenvalue weighted by Gasteiger charge is -2.13. The summed E-state index contributed by atoms with van der Waals surface area (Å²) in [6, 6.07) is 51.0. The molecule has 6 aromatic carbocycles. The van der Waals surface area contributed by atoms with E-state index in [0.717, 1.165) is 44.0 Å². The fourth-order valence-corrected chi connectivity index (χ4v) is 6.12. The van der Waals surface area contributed by atoms with Crippen LogP contribution in [0.25, 0.3) is 65.7 Å². The maximum absolute atomic E-state index is 12.9. The Morgan fingerprint density at radius 3 is 1.60 bits per heavy atom. The molecule has 9 aromatic rings. The highest BCUT2D eigenvalue weighted by atomic mass is 16.1. The minimum atomic E-state index is 0.0236. The third kappa shape index (κ3) is 3.70. The predicted molar refractivity (Wildman–Crippen MR) is 175 cm³/mol. The third-order valence-electron chi connectivity index (χ3n) is 7.97. The van der Waals surface area contributed by atoms with Gasteiger partial charge in [0.15, 0.2) is 0 Å². The molecule has 0 amide bonds. The molecular weight excluding hydrogens is 514 g/mol. The second kappa shape index (κ2) is 9.72. The van der Waals surface area contributed by atoms with E-state index < -0.39 is 0 Å². The van der Waals surface area contributed by atoms with Crippen LogP contribution in [0.1, 0.15) is 0 Å². The van der Waals surface area contributed by atoms with Gasteiger partial charge in [-0.3, -0.25) is 13.8 Å². The van der Waals surface area contributed by atoms with Crippen molar-refractivity contribution in [3.63, 3.8) is 0 Å². The molecule has 0 saturated heterocycles. The van der Waals surface area contributed by atoms with Crippen molar-refractivity contribution in [1.29, 1.82) is 0 Å². The molecule has 0 fully saturated rings. The molecule has 0 saturated carbocycles. The van der Waals surface area contributed by atoms with Crippen LogP contribution in [-0.2, 0) is 0 Å². The number of pyridine rings is 2. The molecule has 4 heteroatoms. The first kappa shape index (κ1) is 24.1. The Kier molecular flexibility index (Phi) is 5.57. The minimum absolute atomic E-state index is 0.0236. The lowest BCUT2D eigenvalue weighted by atomic mass is 10.1. The highest BCUT2D eigenvalue weighted by Crippen LogP contribution is 2.32. The molecule has 0 bridgehead atoms. The van der Waals surface area contributed by atoms with Gasteiger partial charge in [-0.25, -0.2) is 4.98 Å². The zero-order chi connectivity index (χ0) is 28.0. The van der Waals surface area contributed by atoms with Crippen LogP contribution in [0, 0.1) is 0 Å². The second-order valence-electron chi connectivity index (χ2n) is 10.4. The van der Waals surface area contributed by atoms with E-state index >= 15 is 0 Å². The zero-order valence-electron chi connectivity index (χ0n) is 22.7. The van der Waals surface area contributed by atoms with Crippen LogP contribution < -0.4 is 5.56 Å². The average Bonchev–Trinajstić information content (AvgIpc) is 3.46. The maximum atomic E-state index is 12.9. The summed E-state index contributed by atoms with van der Waals surface area (Å²) < 4.78 is 4.06. The van der Waals surface area contributed by atoms with Crippen LogP contribution in [0.3, 0.4) is 0 Å². The SMILES string of the molecule is O=c1c2ccccc2c2ccccc2n1-c1ccccc1.c1ccc2c(c1)nc1c3ccccc3c3ccccc3n21. The van der Waals surface area contributed by atoms with Gasteiger partial charge in [0.1, 0.15) is 5.65 Å². The highest BCUT2D eigenvalue weighted by Gasteiger charge is 2.13. The van der Waals surface area contributed by atoms with Crippen molar-refractivity contribution in [2.75, 3.05) is 0 Å². The topological polar surface area (TPSA) is 39.3 Å². The summed E-state index contributed by atoms with van der Waals surface area (Å²) in [6.07, 6.45) is 0. The molecular formula is C38H25N3O. The van der Waals surface area contributed by atoms with Crippen molar-refractivity contribution in [3.05, 3.63) is 162 Å². The predicted octanol–water partition coefficient (Wildman–Crippen LogP) is 8.94. The maximum Gasteiger partial charge on any atom is 0.263 e. The van der Waals surface area contributed by atoms with Gasteiger partial charge in [-0.05, 0) is 53.2 Å². The Morgan fingerprint density at radius 1 is 0.405 bits per heavy atom. The summed E-state index contributed by atoms with van der Waals surface area (Å²) in [7, 11) is 0. The van der Waals surface area contributed by atoms with Gasteiger partial charge >= 0.3 is 0 Å². The molecule has 9 rings (SSSR count). The summed E-state index contributed by atoms with van der Waals surface area (Å²) >= 11 is 0. The summed E-state index contributed by atoms with van der Waals surface area (Å²) in [5, 5.41) is 6.58. The fourth-order valence-electron chi connectivity index (χ4n) is 6.12. The van der Waals surface area contributed by atoms with Crippen LogP contribution in [0.2, 0.25) is 0 Å². The van der Waals surface area contributed by atoms with Crippen LogP contribution in [0.15, 0.2) is 156 Å². The van der Waals surface area contributed by atoms with Crippen molar-refractivity contribution >= 4 is 60.0 Å². The van der Waals surface area contributed by atoms with Gasteiger partial charge in [0.25, 0.3) is 5.56 Å². The van der Waals surface area contributed by atoms with Crippen molar-refractivity contribution in [2.45, 2.75) is 0 Å². The smallest absolute Gasteiger partial charge is 0.263 e. The summed E-state index contributed by atoms with van der Waals surface area (Å²) in [5.74, 6) is 0. The number of hydrogen-bond donors (Lipinski definition) is 0. The van der Waals surface area contributed by atoms with E-state index in [9.17, 15) is 4.79 Å². The van der Waals surface area contributed by atoms with Gasteiger partial charge in [0.05, 0.1) is 22.1 Å². The lowest BCUT2D eigenvalue weighted by Crippen LogP contribution is -2.19. The van der Waals surface area contributed by atoms with E-state index in [2.05, 4.69) is 77.2 Å². The molecule has 0 N–H and O–H groups in total. The molecule has 4 nitrogen and oxygen atoms in total. The summed E-state index contributed by atoms with van der Waals surface area (Å²) in [4.78, 5) is 17.8. The Balaban J connectivity index is 0.000000127. The van der Waals surface area contributed by atoms with Crippen LogP contribution in [0.4, 0.5) is 0 Å². The number of rotatable bonds is 1. The van der Waals surface area contributed by atoms with Gasteiger partial charge in [0.2, 0.25) is 0 Å². The molecule has 0 radical (unpaired) electrons. The van der Waals surface area contributed by atoms with Crippen molar-refractivity contribution < 1.29 is 0 Å². The van der Waals surface area contributed by atoms with E-state index in [0.29, 0.717) is 0 Å². The molecule has 0 aliphatic heterocycles. The number of imidazole rings is 1. The van der Waals surface area contributed by atoms with Gasteiger partial charge in [-0.1, -0.05) is 109 Å². The summed E-state index contributed by atoms with van der Waals surface area (Å²) in [6.45, 7) is 0. The van der Waals surface area contributed by atoms with E-state index in [4.69, 9.17) is 4.98 Å². The van der Waals surface area contributed by atoms with Crippen LogP contribution >= 0.6 is 0 Å².